The molecule has 0 unspecified atom stereocenters. The van der Waals surface area contributed by atoms with Gasteiger partial charge in [-0.2, -0.15) is 0 Å². The van der Waals surface area contributed by atoms with E-state index in [2.05, 4.69) is 25.9 Å². The van der Waals surface area contributed by atoms with Crippen molar-refractivity contribution in [3.63, 3.8) is 0 Å². The lowest BCUT2D eigenvalue weighted by Crippen LogP contribution is -2.45. The predicted molar refractivity (Wildman–Crippen MR) is 127 cm³/mol. The zero-order valence-corrected chi connectivity index (χ0v) is 20.6. The van der Waals surface area contributed by atoms with Crippen molar-refractivity contribution in [1.29, 1.82) is 0 Å². The number of aromatic nitrogens is 1. The zero-order chi connectivity index (χ0) is 23.1. The van der Waals surface area contributed by atoms with Crippen LogP contribution in [0, 0.1) is 18.3 Å². The summed E-state index contributed by atoms with van der Waals surface area (Å²) in [5.41, 5.74) is 4.07. The van der Waals surface area contributed by atoms with Crippen LogP contribution in [-0.4, -0.2) is 22.7 Å². The van der Waals surface area contributed by atoms with Crippen LogP contribution in [0.15, 0.2) is 22.7 Å². The summed E-state index contributed by atoms with van der Waals surface area (Å²) in [5.74, 6) is 2.14. The number of carbonyl (C=O) groups is 1. The van der Waals surface area contributed by atoms with E-state index in [1.54, 1.807) is 0 Å². The van der Waals surface area contributed by atoms with Crippen molar-refractivity contribution in [2.45, 2.75) is 90.4 Å². The van der Waals surface area contributed by atoms with Crippen molar-refractivity contribution in [3.8, 4) is 0 Å². The third kappa shape index (κ3) is 5.12. The second kappa shape index (κ2) is 8.95. The van der Waals surface area contributed by atoms with E-state index in [-0.39, 0.29) is 17.8 Å². The standard InChI is InChI=1S/C27H36ClNO3/c1-17-5-6-20(22(28)11-17)12-21(31)9-10-23-24(19-7-8-19)25(32-29-23)27(16-30)14-18(15-27)13-26(2,3)4/h5-6,11,18-19,30H,7-10,12-16H2,1-4H3. The Balaban J connectivity index is 1.44. The maximum atomic E-state index is 12.7. The van der Waals surface area contributed by atoms with Crippen molar-refractivity contribution in [2.24, 2.45) is 11.3 Å². The van der Waals surface area contributed by atoms with Crippen molar-refractivity contribution in [1.82, 2.24) is 5.16 Å². The molecule has 4 rings (SSSR count). The lowest BCUT2D eigenvalue weighted by molar-refractivity contribution is -0.118. The van der Waals surface area contributed by atoms with Crippen LogP contribution in [0.4, 0.5) is 0 Å². The summed E-state index contributed by atoms with van der Waals surface area (Å²) >= 11 is 6.31. The number of aryl methyl sites for hydroxylation is 2. The number of hydrogen-bond acceptors (Lipinski definition) is 4. The summed E-state index contributed by atoms with van der Waals surface area (Å²) in [6.45, 7) is 8.91. The molecule has 2 aliphatic carbocycles. The van der Waals surface area contributed by atoms with Gasteiger partial charge in [-0.1, -0.05) is 49.7 Å². The average molecular weight is 458 g/mol. The summed E-state index contributed by atoms with van der Waals surface area (Å²) in [6, 6.07) is 5.83. The molecule has 32 heavy (non-hydrogen) atoms. The normalized spacial score (nSPS) is 23.2. The Labute approximate surface area is 196 Å². The van der Waals surface area contributed by atoms with Gasteiger partial charge in [0.15, 0.2) is 0 Å². The van der Waals surface area contributed by atoms with E-state index in [0.717, 1.165) is 54.7 Å². The molecule has 4 nitrogen and oxygen atoms in total. The van der Waals surface area contributed by atoms with E-state index in [4.69, 9.17) is 16.1 Å². The lowest BCUT2D eigenvalue weighted by Gasteiger charge is -2.47. The molecule has 174 valence electrons. The first-order valence-electron chi connectivity index (χ1n) is 12.0. The second-order valence-corrected chi connectivity index (χ2v) is 11.8. The number of hydrogen-bond donors (Lipinski definition) is 1. The van der Waals surface area contributed by atoms with E-state index in [0.29, 0.717) is 41.5 Å². The number of halogens is 1. The maximum absolute atomic E-state index is 12.7. The number of rotatable bonds is 9. The van der Waals surface area contributed by atoms with Gasteiger partial charge in [0.05, 0.1) is 17.7 Å². The molecule has 2 aliphatic rings. The molecular formula is C27H36ClNO3. The SMILES string of the molecule is Cc1ccc(CC(=O)CCc2noc(C3(CO)CC(CC(C)(C)C)C3)c2C2CC2)c(Cl)c1. The van der Waals surface area contributed by atoms with Crippen molar-refractivity contribution < 1.29 is 14.4 Å². The summed E-state index contributed by atoms with van der Waals surface area (Å²) < 4.78 is 5.91. The molecule has 1 N–H and O–H groups in total. The van der Waals surface area contributed by atoms with Crippen LogP contribution in [0.1, 0.15) is 93.4 Å². The number of aliphatic hydroxyl groups excluding tert-OH is 1. The fourth-order valence-corrected chi connectivity index (χ4v) is 5.78. The molecule has 2 saturated carbocycles. The first-order chi connectivity index (χ1) is 15.1. The molecule has 1 heterocycles. The minimum Gasteiger partial charge on any atom is -0.395 e. The summed E-state index contributed by atoms with van der Waals surface area (Å²) in [6.07, 6.45) is 6.71. The van der Waals surface area contributed by atoms with Crippen LogP contribution in [0.2, 0.25) is 5.02 Å². The van der Waals surface area contributed by atoms with Crippen molar-refractivity contribution in [2.75, 3.05) is 6.61 Å². The van der Waals surface area contributed by atoms with Gasteiger partial charge in [-0.3, -0.25) is 4.79 Å². The molecule has 1 aromatic heterocycles. The van der Waals surface area contributed by atoms with Crippen LogP contribution in [0.5, 0.6) is 0 Å². The molecule has 2 fully saturated rings. The maximum Gasteiger partial charge on any atom is 0.148 e. The molecule has 0 aliphatic heterocycles. The molecule has 5 heteroatoms. The van der Waals surface area contributed by atoms with E-state index in [1.165, 1.54) is 5.56 Å². The topological polar surface area (TPSA) is 63.3 Å². The zero-order valence-electron chi connectivity index (χ0n) is 19.8. The molecule has 0 spiro atoms. The van der Waals surface area contributed by atoms with E-state index in [9.17, 15) is 9.90 Å². The number of carbonyl (C=O) groups excluding carboxylic acids is 1. The van der Waals surface area contributed by atoms with E-state index < -0.39 is 0 Å². The van der Waals surface area contributed by atoms with Gasteiger partial charge >= 0.3 is 0 Å². The van der Waals surface area contributed by atoms with Crippen LogP contribution in [0.3, 0.4) is 0 Å². The summed E-state index contributed by atoms with van der Waals surface area (Å²) in [7, 11) is 0. The Morgan fingerprint density at radius 2 is 2.00 bits per heavy atom. The number of benzene rings is 1. The quantitative estimate of drug-likeness (QED) is 0.477. The highest BCUT2D eigenvalue weighted by atomic mass is 35.5. The molecule has 0 saturated heterocycles. The Bertz CT molecular complexity index is 977. The monoisotopic (exact) mass is 457 g/mol. The Morgan fingerprint density at radius 1 is 1.28 bits per heavy atom. The molecule has 0 amide bonds. The highest BCUT2D eigenvalue weighted by Gasteiger charge is 2.51. The minimum absolute atomic E-state index is 0.104. The molecule has 0 atom stereocenters. The first-order valence-corrected chi connectivity index (χ1v) is 12.3. The van der Waals surface area contributed by atoms with Gasteiger partial charge in [0.2, 0.25) is 0 Å². The van der Waals surface area contributed by atoms with Gasteiger partial charge in [-0.05, 0) is 73.5 Å². The predicted octanol–water partition coefficient (Wildman–Crippen LogP) is 6.33. The number of aliphatic hydroxyl groups is 1. The van der Waals surface area contributed by atoms with Crippen molar-refractivity contribution in [3.05, 3.63) is 51.4 Å². The van der Waals surface area contributed by atoms with Gasteiger partial charge in [0.25, 0.3) is 0 Å². The summed E-state index contributed by atoms with van der Waals surface area (Å²) in [5, 5.41) is 15.4. The molecule has 0 radical (unpaired) electrons. The van der Waals surface area contributed by atoms with Crippen LogP contribution < -0.4 is 0 Å². The second-order valence-electron chi connectivity index (χ2n) is 11.4. The van der Waals surface area contributed by atoms with Gasteiger partial charge in [-0.15, -0.1) is 0 Å². The van der Waals surface area contributed by atoms with Crippen LogP contribution in [0.25, 0.3) is 0 Å². The van der Waals surface area contributed by atoms with Gasteiger partial charge in [0.1, 0.15) is 11.5 Å². The smallest absolute Gasteiger partial charge is 0.148 e. The Morgan fingerprint density at radius 3 is 2.59 bits per heavy atom. The van der Waals surface area contributed by atoms with Gasteiger partial charge in [-0.25, -0.2) is 0 Å². The van der Waals surface area contributed by atoms with Crippen LogP contribution >= 0.6 is 11.6 Å². The van der Waals surface area contributed by atoms with Crippen LogP contribution in [-0.2, 0) is 23.1 Å². The number of ketones is 1. The Hall–Kier alpha value is -1.65. The van der Waals surface area contributed by atoms with E-state index in [1.807, 2.05) is 25.1 Å². The highest BCUT2D eigenvalue weighted by molar-refractivity contribution is 6.31. The molecule has 1 aromatic carbocycles. The minimum atomic E-state index is -0.293. The lowest BCUT2D eigenvalue weighted by atomic mass is 9.57. The first kappa shape index (κ1) is 23.5. The fraction of sp³-hybridized carbons (Fsp3) is 0.630. The summed E-state index contributed by atoms with van der Waals surface area (Å²) in [4.78, 5) is 12.7. The largest absolute Gasteiger partial charge is 0.395 e. The highest BCUT2D eigenvalue weighted by Crippen LogP contribution is 2.55. The molecule has 2 aromatic rings. The number of nitrogens with zero attached hydrogens (tertiary/aromatic N) is 1. The van der Waals surface area contributed by atoms with E-state index >= 15 is 0 Å². The van der Waals surface area contributed by atoms with Gasteiger partial charge < -0.3 is 9.63 Å². The van der Waals surface area contributed by atoms with Gasteiger partial charge in [0, 0.05) is 29.8 Å². The Kier molecular flexibility index (Phi) is 6.57. The third-order valence-electron chi connectivity index (χ3n) is 7.07. The number of Topliss-reactive ketones (excluding diaryl/α,β-unsaturated/α-hetero) is 1. The average Bonchev–Trinajstić information content (AvgIpc) is 3.43. The van der Waals surface area contributed by atoms with Crippen molar-refractivity contribution >= 4 is 17.4 Å². The molecule has 0 bridgehead atoms. The third-order valence-corrected chi connectivity index (χ3v) is 7.42. The molecular weight excluding hydrogens is 422 g/mol. The fourth-order valence-electron chi connectivity index (χ4n) is 5.48.